The van der Waals surface area contributed by atoms with Crippen molar-refractivity contribution in [1.29, 1.82) is 0 Å². The van der Waals surface area contributed by atoms with Crippen molar-refractivity contribution in [2.75, 3.05) is 44.6 Å². The molecule has 1 saturated heterocycles. The summed E-state index contributed by atoms with van der Waals surface area (Å²) in [6, 6.07) is 8.55. The molecule has 3 heteroatoms. The highest BCUT2D eigenvalue weighted by molar-refractivity contribution is 5.45. The number of anilines is 1. The van der Waals surface area contributed by atoms with Crippen molar-refractivity contribution >= 4 is 5.69 Å². The van der Waals surface area contributed by atoms with Crippen LogP contribution in [0.4, 0.5) is 5.69 Å². The van der Waals surface area contributed by atoms with Gasteiger partial charge in [0.05, 0.1) is 0 Å². The van der Waals surface area contributed by atoms with Crippen LogP contribution in [-0.4, -0.2) is 44.2 Å². The van der Waals surface area contributed by atoms with Gasteiger partial charge in [-0.2, -0.15) is 0 Å². The first-order chi connectivity index (χ1) is 7.84. The van der Waals surface area contributed by atoms with E-state index in [1.165, 1.54) is 24.3 Å². The minimum Gasteiger partial charge on any atom is -0.384 e. The minimum absolute atomic E-state index is 1.03. The van der Waals surface area contributed by atoms with Crippen LogP contribution in [-0.2, 0) is 0 Å². The zero-order valence-electron chi connectivity index (χ0n) is 10.00. The van der Waals surface area contributed by atoms with Gasteiger partial charge in [-0.25, -0.2) is 0 Å². The van der Waals surface area contributed by atoms with Crippen molar-refractivity contribution in [3.05, 3.63) is 29.8 Å². The first-order valence-electron chi connectivity index (χ1n) is 6.08. The second-order valence-electron chi connectivity index (χ2n) is 4.39. The average Bonchev–Trinajstić information content (AvgIpc) is 2.30. The molecule has 1 aliphatic rings. The Labute approximate surface area is 97.8 Å². The van der Waals surface area contributed by atoms with Crippen molar-refractivity contribution < 1.29 is 0 Å². The van der Waals surface area contributed by atoms with Gasteiger partial charge in [-0.15, -0.1) is 0 Å². The van der Waals surface area contributed by atoms with Crippen LogP contribution >= 0.6 is 0 Å². The van der Waals surface area contributed by atoms with E-state index in [-0.39, 0.29) is 0 Å². The summed E-state index contributed by atoms with van der Waals surface area (Å²) < 4.78 is 0. The van der Waals surface area contributed by atoms with Gasteiger partial charge in [-0.05, 0) is 24.6 Å². The number of nitrogens with zero attached hydrogens (tertiary/aromatic N) is 1. The van der Waals surface area contributed by atoms with E-state index in [2.05, 4.69) is 46.7 Å². The summed E-state index contributed by atoms with van der Waals surface area (Å²) in [4.78, 5) is 2.50. The number of benzene rings is 1. The van der Waals surface area contributed by atoms with Crippen LogP contribution in [0.5, 0.6) is 0 Å². The largest absolute Gasteiger partial charge is 0.384 e. The fraction of sp³-hybridized carbons (Fsp3) is 0.538. The molecule has 0 amide bonds. The third-order valence-corrected chi connectivity index (χ3v) is 2.98. The quantitative estimate of drug-likeness (QED) is 0.799. The number of aryl methyl sites for hydroxylation is 1. The first kappa shape index (κ1) is 11.4. The van der Waals surface area contributed by atoms with E-state index in [4.69, 9.17) is 0 Å². The van der Waals surface area contributed by atoms with Crippen LogP contribution < -0.4 is 10.6 Å². The molecule has 1 aromatic rings. The summed E-state index contributed by atoms with van der Waals surface area (Å²) >= 11 is 0. The van der Waals surface area contributed by atoms with Gasteiger partial charge < -0.3 is 10.6 Å². The molecule has 0 aliphatic carbocycles. The number of piperazine rings is 1. The van der Waals surface area contributed by atoms with Crippen LogP contribution in [0, 0.1) is 6.92 Å². The van der Waals surface area contributed by atoms with Gasteiger partial charge in [-0.3, -0.25) is 4.90 Å². The average molecular weight is 219 g/mol. The van der Waals surface area contributed by atoms with Gasteiger partial charge in [0.1, 0.15) is 0 Å². The van der Waals surface area contributed by atoms with Gasteiger partial charge >= 0.3 is 0 Å². The number of hydrogen-bond acceptors (Lipinski definition) is 3. The summed E-state index contributed by atoms with van der Waals surface area (Å²) in [5, 5.41) is 6.84. The molecule has 3 nitrogen and oxygen atoms in total. The standard InChI is InChI=1S/C13H21N3/c1-12-3-2-4-13(11-12)15-7-10-16-8-5-14-6-9-16/h2-4,11,14-15H,5-10H2,1H3. The Balaban J connectivity index is 1.71. The number of nitrogens with one attached hydrogen (secondary N) is 2. The lowest BCUT2D eigenvalue weighted by molar-refractivity contribution is 0.249. The Morgan fingerprint density at radius 2 is 2.12 bits per heavy atom. The molecule has 88 valence electrons. The molecular formula is C13H21N3. The molecule has 0 unspecified atom stereocenters. The highest BCUT2D eigenvalue weighted by atomic mass is 15.2. The SMILES string of the molecule is Cc1cccc(NCCN2CCNCC2)c1. The molecule has 2 N–H and O–H groups in total. The van der Waals surface area contributed by atoms with Crippen LogP contribution in [0.2, 0.25) is 0 Å². The fourth-order valence-electron chi connectivity index (χ4n) is 2.05. The molecule has 16 heavy (non-hydrogen) atoms. The molecule has 2 rings (SSSR count). The summed E-state index contributed by atoms with van der Waals surface area (Å²) in [7, 11) is 0. The maximum atomic E-state index is 3.47. The zero-order chi connectivity index (χ0) is 11.2. The molecule has 0 spiro atoms. The van der Waals surface area contributed by atoms with Crippen molar-refractivity contribution in [3.63, 3.8) is 0 Å². The third kappa shape index (κ3) is 3.51. The predicted molar refractivity (Wildman–Crippen MR) is 69.0 cm³/mol. The monoisotopic (exact) mass is 219 g/mol. The molecule has 0 radical (unpaired) electrons. The van der Waals surface area contributed by atoms with E-state index >= 15 is 0 Å². The molecule has 0 saturated carbocycles. The third-order valence-electron chi connectivity index (χ3n) is 2.98. The second-order valence-corrected chi connectivity index (χ2v) is 4.39. The Bertz CT molecular complexity index is 319. The Kier molecular flexibility index (Phi) is 4.19. The van der Waals surface area contributed by atoms with E-state index in [1.807, 2.05) is 0 Å². The molecule has 0 atom stereocenters. The smallest absolute Gasteiger partial charge is 0.0343 e. The maximum absolute atomic E-state index is 3.47. The summed E-state index contributed by atoms with van der Waals surface area (Å²) in [6.45, 7) is 8.90. The van der Waals surface area contributed by atoms with E-state index in [0.717, 1.165) is 26.2 Å². The van der Waals surface area contributed by atoms with Gasteiger partial charge in [-0.1, -0.05) is 12.1 Å². The maximum Gasteiger partial charge on any atom is 0.0343 e. The first-order valence-corrected chi connectivity index (χ1v) is 6.08. The van der Waals surface area contributed by atoms with Gasteiger partial charge in [0.25, 0.3) is 0 Å². The molecule has 0 aromatic heterocycles. The van der Waals surface area contributed by atoms with Crippen molar-refractivity contribution in [2.24, 2.45) is 0 Å². The topological polar surface area (TPSA) is 27.3 Å². The molecule has 1 aliphatic heterocycles. The van der Waals surface area contributed by atoms with E-state index in [0.29, 0.717) is 0 Å². The Morgan fingerprint density at radius 1 is 1.31 bits per heavy atom. The lowest BCUT2D eigenvalue weighted by atomic mass is 10.2. The van der Waals surface area contributed by atoms with E-state index in [1.54, 1.807) is 0 Å². The van der Waals surface area contributed by atoms with Crippen molar-refractivity contribution in [2.45, 2.75) is 6.92 Å². The van der Waals surface area contributed by atoms with Crippen molar-refractivity contribution in [1.82, 2.24) is 10.2 Å². The minimum atomic E-state index is 1.03. The summed E-state index contributed by atoms with van der Waals surface area (Å²) in [5.74, 6) is 0. The highest BCUT2D eigenvalue weighted by Crippen LogP contribution is 2.08. The molecule has 1 fully saturated rings. The summed E-state index contributed by atoms with van der Waals surface area (Å²) in [5.41, 5.74) is 2.54. The van der Waals surface area contributed by atoms with Crippen LogP contribution in [0.15, 0.2) is 24.3 Å². The second kappa shape index (κ2) is 5.87. The Morgan fingerprint density at radius 3 is 2.88 bits per heavy atom. The molecule has 1 heterocycles. The lowest BCUT2D eigenvalue weighted by Gasteiger charge is -2.27. The molecular weight excluding hydrogens is 198 g/mol. The number of rotatable bonds is 4. The number of hydrogen-bond donors (Lipinski definition) is 2. The highest BCUT2D eigenvalue weighted by Gasteiger charge is 2.07. The van der Waals surface area contributed by atoms with Crippen molar-refractivity contribution in [3.8, 4) is 0 Å². The van der Waals surface area contributed by atoms with Crippen LogP contribution in [0.25, 0.3) is 0 Å². The van der Waals surface area contributed by atoms with Crippen LogP contribution in [0.3, 0.4) is 0 Å². The summed E-state index contributed by atoms with van der Waals surface area (Å²) in [6.07, 6.45) is 0. The Hall–Kier alpha value is -1.06. The van der Waals surface area contributed by atoms with Gasteiger partial charge in [0.15, 0.2) is 0 Å². The van der Waals surface area contributed by atoms with Gasteiger partial charge in [0, 0.05) is 45.0 Å². The molecule has 1 aromatic carbocycles. The molecule has 0 bridgehead atoms. The lowest BCUT2D eigenvalue weighted by Crippen LogP contribution is -2.45. The fourth-order valence-corrected chi connectivity index (χ4v) is 2.05. The zero-order valence-corrected chi connectivity index (χ0v) is 10.00. The van der Waals surface area contributed by atoms with E-state index < -0.39 is 0 Å². The predicted octanol–water partition coefficient (Wildman–Crippen LogP) is 1.31. The van der Waals surface area contributed by atoms with Gasteiger partial charge in [0.2, 0.25) is 0 Å². The van der Waals surface area contributed by atoms with Crippen LogP contribution in [0.1, 0.15) is 5.56 Å². The van der Waals surface area contributed by atoms with E-state index in [9.17, 15) is 0 Å². The normalized spacial score (nSPS) is 17.3.